The molecule has 2 heterocycles. The van der Waals surface area contributed by atoms with Crippen molar-refractivity contribution in [1.82, 2.24) is 9.55 Å². The fourth-order valence-corrected chi connectivity index (χ4v) is 2.24. The number of nitrogens with zero attached hydrogens (tertiary/aromatic N) is 3. The van der Waals surface area contributed by atoms with Crippen LogP contribution >= 0.6 is 0 Å². The zero-order chi connectivity index (χ0) is 13.4. The zero-order valence-electron chi connectivity index (χ0n) is 10.9. The first kappa shape index (κ1) is 11.8. The lowest BCUT2D eigenvalue weighted by atomic mass is 10.1. The Balaban J connectivity index is 2.03. The highest BCUT2D eigenvalue weighted by Crippen LogP contribution is 2.34. The third-order valence-electron chi connectivity index (χ3n) is 3.13. The molecule has 0 unspecified atom stereocenters. The smallest absolute Gasteiger partial charge is 0.334 e. The molecule has 1 aromatic carbocycles. The van der Waals surface area contributed by atoms with Crippen LogP contribution in [0.3, 0.4) is 0 Å². The molecule has 1 atom stereocenters. The Labute approximate surface area is 111 Å². The van der Waals surface area contributed by atoms with Gasteiger partial charge in [0.2, 0.25) is 0 Å². The molecule has 98 valence electrons. The van der Waals surface area contributed by atoms with E-state index >= 15 is 0 Å². The van der Waals surface area contributed by atoms with Crippen molar-refractivity contribution in [2.75, 3.05) is 11.4 Å². The molecule has 0 fully saturated rings. The van der Waals surface area contributed by atoms with Crippen molar-refractivity contribution in [2.45, 2.75) is 20.0 Å². The second-order valence-electron chi connectivity index (χ2n) is 4.76. The first-order valence-corrected chi connectivity index (χ1v) is 6.22. The minimum absolute atomic E-state index is 0.0253. The first-order chi connectivity index (χ1) is 9.15. The Morgan fingerprint density at radius 1 is 1.47 bits per heavy atom. The lowest BCUT2D eigenvalue weighted by molar-refractivity contribution is 0.205. The number of aromatic nitrogens is 2. The van der Waals surface area contributed by atoms with Crippen LogP contribution in [0.4, 0.5) is 10.5 Å². The summed E-state index contributed by atoms with van der Waals surface area (Å²) in [5, 5.41) is 0. The fourth-order valence-electron chi connectivity index (χ4n) is 2.24. The Kier molecular flexibility index (Phi) is 2.74. The number of benzene rings is 1. The van der Waals surface area contributed by atoms with Crippen LogP contribution in [0.2, 0.25) is 0 Å². The third kappa shape index (κ3) is 2.07. The highest BCUT2D eigenvalue weighted by atomic mass is 16.5. The maximum absolute atomic E-state index is 12.5. The SMILES string of the molecule is Cc1ccc2c(c1)N(C(=O)n1ccnc1)C[C@@H](C)O2. The topological polar surface area (TPSA) is 47.4 Å². The molecule has 3 rings (SSSR count). The number of ether oxygens (including phenoxy) is 1. The number of carbonyl (C=O) groups is 1. The van der Waals surface area contributed by atoms with Crippen LogP contribution in [0.15, 0.2) is 36.9 Å². The third-order valence-corrected chi connectivity index (χ3v) is 3.13. The zero-order valence-corrected chi connectivity index (χ0v) is 10.9. The van der Waals surface area contributed by atoms with E-state index in [9.17, 15) is 4.79 Å². The van der Waals surface area contributed by atoms with Crippen LogP contribution in [0.1, 0.15) is 12.5 Å². The molecule has 1 amide bonds. The van der Waals surface area contributed by atoms with Crippen molar-refractivity contribution in [3.63, 3.8) is 0 Å². The second-order valence-corrected chi connectivity index (χ2v) is 4.76. The molecule has 0 spiro atoms. The summed E-state index contributed by atoms with van der Waals surface area (Å²) in [7, 11) is 0. The molecule has 0 bridgehead atoms. The Morgan fingerprint density at radius 3 is 3.05 bits per heavy atom. The number of hydrogen-bond acceptors (Lipinski definition) is 3. The summed E-state index contributed by atoms with van der Waals surface area (Å²) < 4.78 is 7.24. The van der Waals surface area contributed by atoms with Crippen LogP contribution < -0.4 is 9.64 Å². The summed E-state index contributed by atoms with van der Waals surface area (Å²) in [6, 6.07) is 5.75. The van der Waals surface area contributed by atoms with Gasteiger partial charge in [0, 0.05) is 12.4 Å². The van der Waals surface area contributed by atoms with Gasteiger partial charge in [0.1, 0.15) is 18.2 Å². The Bertz CT molecular complexity index is 607. The van der Waals surface area contributed by atoms with Gasteiger partial charge in [-0.2, -0.15) is 0 Å². The number of hydrogen-bond donors (Lipinski definition) is 0. The van der Waals surface area contributed by atoms with E-state index in [1.165, 1.54) is 10.9 Å². The van der Waals surface area contributed by atoms with Crippen molar-refractivity contribution in [1.29, 1.82) is 0 Å². The normalized spacial score (nSPS) is 17.8. The quantitative estimate of drug-likeness (QED) is 0.728. The number of carbonyl (C=O) groups excluding carboxylic acids is 1. The van der Waals surface area contributed by atoms with E-state index in [0.717, 1.165) is 17.0 Å². The van der Waals surface area contributed by atoms with Gasteiger partial charge in [-0.3, -0.25) is 9.47 Å². The highest BCUT2D eigenvalue weighted by molar-refractivity contribution is 5.95. The van der Waals surface area contributed by atoms with Gasteiger partial charge in [-0.15, -0.1) is 0 Å². The number of imidazole rings is 1. The molecule has 0 radical (unpaired) electrons. The Morgan fingerprint density at radius 2 is 2.32 bits per heavy atom. The maximum Gasteiger partial charge on any atom is 0.334 e. The monoisotopic (exact) mass is 257 g/mol. The molecule has 1 aromatic heterocycles. The maximum atomic E-state index is 12.5. The van der Waals surface area contributed by atoms with Crippen molar-refractivity contribution in [3.8, 4) is 5.75 Å². The van der Waals surface area contributed by atoms with Crippen molar-refractivity contribution in [3.05, 3.63) is 42.5 Å². The summed E-state index contributed by atoms with van der Waals surface area (Å²) in [6.45, 7) is 4.49. The number of rotatable bonds is 0. The van der Waals surface area contributed by atoms with E-state index in [2.05, 4.69) is 4.98 Å². The molecule has 0 saturated heterocycles. The van der Waals surface area contributed by atoms with E-state index < -0.39 is 0 Å². The minimum atomic E-state index is -0.112. The van der Waals surface area contributed by atoms with Crippen LogP contribution in [0.25, 0.3) is 0 Å². The van der Waals surface area contributed by atoms with Gasteiger partial charge in [0.25, 0.3) is 0 Å². The van der Waals surface area contributed by atoms with Gasteiger partial charge in [-0.25, -0.2) is 9.78 Å². The molecule has 0 N–H and O–H groups in total. The predicted octanol–water partition coefficient (Wildman–Crippen LogP) is 2.45. The number of fused-ring (bicyclic) bond motifs is 1. The lowest BCUT2D eigenvalue weighted by Crippen LogP contribution is -2.44. The second kappa shape index (κ2) is 4.42. The predicted molar refractivity (Wildman–Crippen MR) is 71.6 cm³/mol. The van der Waals surface area contributed by atoms with Crippen LogP contribution in [-0.4, -0.2) is 28.2 Å². The molecule has 5 heteroatoms. The molecule has 5 nitrogen and oxygen atoms in total. The molecular weight excluding hydrogens is 242 g/mol. The highest BCUT2D eigenvalue weighted by Gasteiger charge is 2.28. The average molecular weight is 257 g/mol. The molecule has 2 aromatic rings. The molecule has 0 saturated carbocycles. The van der Waals surface area contributed by atoms with E-state index in [1.54, 1.807) is 17.3 Å². The average Bonchev–Trinajstić information content (AvgIpc) is 2.91. The molecular formula is C14H15N3O2. The minimum Gasteiger partial charge on any atom is -0.487 e. The van der Waals surface area contributed by atoms with Gasteiger partial charge in [0.15, 0.2) is 0 Å². The van der Waals surface area contributed by atoms with E-state index in [4.69, 9.17) is 4.74 Å². The molecule has 1 aliphatic heterocycles. The molecule has 1 aliphatic rings. The van der Waals surface area contributed by atoms with E-state index in [0.29, 0.717) is 6.54 Å². The van der Waals surface area contributed by atoms with Gasteiger partial charge in [-0.1, -0.05) is 6.07 Å². The fraction of sp³-hybridized carbons (Fsp3) is 0.286. The van der Waals surface area contributed by atoms with Crippen molar-refractivity contribution >= 4 is 11.7 Å². The van der Waals surface area contributed by atoms with Gasteiger partial charge in [0.05, 0.1) is 12.2 Å². The van der Waals surface area contributed by atoms with Crippen LogP contribution in [0.5, 0.6) is 5.75 Å². The first-order valence-electron chi connectivity index (χ1n) is 6.22. The summed E-state index contributed by atoms with van der Waals surface area (Å²) in [5.74, 6) is 0.748. The molecule has 0 aliphatic carbocycles. The number of aryl methyl sites for hydroxylation is 1. The molecule has 19 heavy (non-hydrogen) atoms. The van der Waals surface area contributed by atoms with Crippen molar-refractivity contribution < 1.29 is 9.53 Å². The Hall–Kier alpha value is -2.30. The van der Waals surface area contributed by atoms with Crippen molar-refractivity contribution in [2.24, 2.45) is 0 Å². The van der Waals surface area contributed by atoms with Crippen LogP contribution in [0, 0.1) is 6.92 Å². The van der Waals surface area contributed by atoms with E-state index in [-0.39, 0.29) is 12.1 Å². The summed E-state index contributed by atoms with van der Waals surface area (Å²) in [5.41, 5.74) is 1.91. The lowest BCUT2D eigenvalue weighted by Gasteiger charge is -2.33. The number of anilines is 1. The number of amides is 1. The van der Waals surface area contributed by atoms with E-state index in [1.807, 2.05) is 32.0 Å². The summed E-state index contributed by atoms with van der Waals surface area (Å²) >= 11 is 0. The van der Waals surface area contributed by atoms with Gasteiger partial charge >= 0.3 is 6.03 Å². The van der Waals surface area contributed by atoms with Gasteiger partial charge in [-0.05, 0) is 31.5 Å². The standard InChI is InChI=1S/C14H15N3O2/c1-10-3-4-13-12(7-10)17(8-11(2)19-13)14(18)16-6-5-15-9-16/h3-7,9,11H,8H2,1-2H3/t11-/m1/s1. The van der Waals surface area contributed by atoms with Gasteiger partial charge < -0.3 is 4.74 Å². The summed E-state index contributed by atoms with van der Waals surface area (Å²) in [4.78, 5) is 18.1. The van der Waals surface area contributed by atoms with Crippen LogP contribution in [-0.2, 0) is 0 Å². The largest absolute Gasteiger partial charge is 0.487 e. The summed E-state index contributed by atoms with van der Waals surface area (Å²) in [6.07, 6.45) is 4.73.